The van der Waals surface area contributed by atoms with Crippen LogP contribution < -0.4 is 4.74 Å². The van der Waals surface area contributed by atoms with E-state index in [0.717, 1.165) is 17.7 Å². The predicted octanol–water partition coefficient (Wildman–Crippen LogP) is 5.91. The Morgan fingerprint density at radius 1 is 1.21 bits per heavy atom. The monoisotopic (exact) mass is 390 g/mol. The minimum absolute atomic E-state index is 0.0978. The Hall–Kier alpha value is -3.02. The number of allylic oxidation sites excluding steroid dienone is 1. The van der Waals surface area contributed by atoms with Gasteiger partial charge in [-0.05, 0) is 49.1 Å². The molecule has 0 unspecified atom stereocenters. The number of alkyl halides is 3. The average molecular weight is 390 g/mol. The van der Waals surface area contributed by atoms with E-state index >= 15 is 0 Å². The van der Waals surface area contributed by atoms with Crippen molar-refractivity contribution >= 4 is 18.4 Å². The van der Waals surface area contributed by atoms with E-state index in [0.29, 0.717) is 41.6 Å². The van der Waals surface area contributed by atoms with Gasteiger partial charge in [-0.2, -0.15) is 13.2 Å². The molecule has 0 saturated carbocycles. The zero-order valence-electron chi connectivity index (χ0n) is 15.6. The van der Waals surface area contributed by atoms with Crippen LogP contribution in [0.4, 0.5) is 13.2 Å². The number of aromatic hydroxyl groups is 1. The van der Waals surface area contributed by atoms with Crippen LogP contribution in [-0.4, -0.2) is 18.5 Å². The maximum Gasteiger partial charge on any atom is 0.416 e. The molecule has 0 aromatic heterocycles. The number of carbonyl (C=O) groups is 1. The summed E-state index contributed by atoms with van der Waals surface area (Å²) in [6, 6.07) is 6.26. The van der Waals surface area contributed by atoms with E-state index in [9.17, 15) is 23.1 Å². The second-order valence-corrected chi connectivity index (χ2v) is 6.44. The van der Waals surface area contributed by atoms with E-state index in [2.05, 4.69) is 6.58 Å². The van der Waals surface area contributed by atoms with E-state index in [1.165, 1.54) is 19.2 Å². The molecule has 3 nitrogen and oxygen atoms in total. The summed E-state index contributed by atoms with van der Waals surface area (Å²) in [6.07, 6.45) is 0.361. The summed E-state index contributed by atoms with van der Waals surface area (Å²) < 4.78 is 43.3. The summed E-state index contributed by atoms with van der Waals surface area (Å²) in [5, 5.41) is 10.5. The first-order valence-corrected chi connectivity index (χ1v) is 8.55. The molecular formula is C22H21F3O3. The number of hydrogen-bond donors (Lipinski definition) is 1. The third-order valence-corrected chi connectivity index (χ3v) is 4.27. The lowest BCUT2D eigenvalue weighted by Gasteiger charge is -2.14. The standard InChI is InChI=1S/C22H21F3O3/c1-14(2)4-11-18-20(28-3)12-16(19(13-26)21(18)27)8-5-15-6-9-17(10-7-15)22(23,24)25/h5-10,12-13,27H,1,4,11H2,2-3H3/b8-5+. The molecule has 148 valence electrons. The number of methoxy groups -OCH3 is 1. The molecule has 0 radical (unpaired) electrons. The Labute approximate surface area is 161 Å². The Morgan fingerprint density at radius 2 is 1.86 bits per heavy atom. The average Bonchev–Trinajstić information content (AvgIpc) is 2.64. The van der Waals surface area contributed by atoms with Gasteiger partial charge >= 0.3 is 6.18 Å². The zero-order chi connectivity index (χ0) is 20.9. The first kappa shape index (κ1) is 21.3. The first-order chi connectivity index (χ1) is 13.2. The van der Waals surface area contributed by atoms with Crippen LogP contribution in [-0.2, 0) is 12.6 Å². The van der Waals surface area contributed by atoms with Gasteiger partial charge in [-0.1, -0.05) is 29.9 Å². The third-order valence-electron chi connectivity index (χ3n) is 4.27. The van der Waals surface area contributed by atoms with Gasteiger partial charge in [0.25, 0.3) is 0 Å². The van der Waals surface area contributed by atoms with Crippen molar-refractivity contribution in [1.29, 1.82) is 0 Å². The fourth-order valence-electron chi connectivity index (χ4n) is 2.72. The minimum atomic E-state index is -4.40. The molecule has 2 aromatic carbocycles. The van der Waals surface area contributed by atoms with Crippen LogP contribution in [0.3, 0.4) is 0 Å². The van der Waals surface area contributed by atoms with Crippen molar-refractivity contribution < 1.29 is 27.8 Å². The molecule has 2 rings (SSSR count). The van der Waals surface area contributed by atoms with Gasteiger partial charge in [0.1, 0.15) is 11.5 Å². The van der Waals surface area contributed by atoms with Crippen LogP contribution in [0, 0.1) is 0 Å². The highest BCUT2D eigenvalue weighted by Gasteiger charge is 2.29. The molecule has 0 aliphatic rings. The van der Waals surface area contributed by atoms with Crippen LogP contribution in [0.15, 0.2) is 42.5 Å². The van der Waals surface area contributed by atoms with Crippen molar-refractivity contribution in [2.45, 2.75) is 25.9 Å². The van der Waals surface area contributed by atoms with E-state index in [4.69, 9.17) is 4.74 Å². The highest BCUT2D eigenvalue weighted by Crippen LogP contribution is 2.36. The summed E-state index contributed by atoms with van der Waals surface area (Å²) in [4.78, 5) is 11.5. The van der Waals surface area contributed by atoms with E-state index < -0.39 is 11.7 Å². The van der Waals surface area contributed by atoms with Crippen molar-refractivity contribution in [3.63, 3.8) is 0 Å². The van der Waals surface area contributed by atoms with Crippen molar-refractivity contribution in [2.24, 2.45) is 0 Å². The molecule has 6 heteroatoms. The smallest absolute Gasteiger partial charge is 0.416 e. The van der Waals surface area contributed by atoms with Gasteiger partial charge < -0.3 is 9.84 Å². The lowest BCUT2D eigenvalue weighted by molar-refractivity contribution is -0.137. The van der Waals surface area contributed by atoms with Gasteiger partial charge in [0.2, 0.25) is 0 Å². The second kappa shape index (κ2) is 8.78. The number of halogens is 3. The minimum Gasteiger partial charge on any atom is -0.507 e. The Bertz CT molecular complexity index is 895. The molecule has 0 atom stereocenters. The van der Waals surface area contributed by atoms with Crippen molar-refractivity contribution in [3.8, 4) is 11.5 Å². The summed E-state index contributed by atoms with van der Waals surface area (Å²) in [6.45, 7) is 5.69. The SMILES string of the molecule is C=C(C)CCc1c(OC)cc(/C=C/c2ccc(C(F)(F)F)cc2)c(C=O)c1O. The molecule has 0 fully saturated rings. The number of aldehydes is 1. The molecule has 0 aliphatic carbocycles. The number of ether oxygens (including phenoxy) is 1. The van der Waals surface area contributed by atoms with Crippen LogP contribution in [0.5, 0.6) is 11.5 Å². The maximum absolute atomic E-state index is 12.6. The normalized spacial score (nSPS) is 11.6. The molecule has 2 aromatic rings. The predicted molar refractivity (Wildman–Crippen MR) is 104 cm³/mol. The van der Waals surface area contributed by atoms with Crippen LogP contribution in [0.25, 0.3) is 12.2 Å². The lowest BCUT2D eigenvalue weighted by atomic mass is 9.96. The topological polar surface area (TPSA) is 46.5 Å². The highest BCUT2D eigenvalue weighted by molar-refractivity contribution is 5.89. The van der Waals surface area contributed by atoms with E-state index in [1.807, 2.05) is 6.92 Å². The summed E-state index contributed by atoms with van der Waals surface area (Å²) >= 11 is 0. The fourth-order valence-corrected chi connectivity index (χ4v) is 2.72. The van der Waals surface area contributed by atoms with Gasteiger partial charge in [0, 0.05) is 5.56 Å². The second-order valence-electron chi connectivity index (χ2n) is 6.44. The Morgan fingerprint density at radius 3 is 2.36 bits per heavy atom. The zero-order valence-corrected chi connectivity index (χ0v) is 15.6. The van der Waals surface area contributed by atoms with E-state index in [1.54, 1.807) is 18.2 Å². The van der Waals surface area contributed by atoms with Crippen molar-refractivity contribution in [3.05, 3.63) is 70.3 Å². The molecule has 0 heterocycles. The molecule has 0 aliphatic heterocycles. The Balaban J connectivity index is 2.39. The molecule has 0 spiro atoms. The lowest BCUT2D eigenvalue weighted by Crippen LogP contribution is -2.03. The van der Waals surface area contributed by atoms with Gasteiger partial charge in [-0.25, -0.2) is 0 Å². The number of phenolic OH excluding ortho intramolecular Hbond substituents is 1. The van der Waals surface area contributed by atoms with Crippen LogP contribution in [0.2, 0.25) is 0 Å². The first-order valence-electron chi connectivity index (χ1n) is 8.55. The number of phenols is 1. The fraction of sp³-hybridized carbons (Fsp3) is 0.227. The third kappa shape index (κ3) is 5.03. The Kier molecular flexibility index (Phi) is 6.67. The van der Waals surface area contributed by atoms with Crippen molar-refractivity contribution in [2.75, 3.05) is 7.11 Å². The number of benzene rings is 2. The summed E-state index contributed by atoms with van der Waals surface area (Å²) in [5.41, 5.74) is 1.73. The van der Waals surface area contributed by atoms with Gasteiger partial charge in [0.15, 0.2) is 6.29 Å². The maximum atomic E-state index is 12.6. The molecule has 1 N–H and O–H groups in total. The molecule has 0 amide bonds. The number of rotatable bonds is 7. The van der Waals surface area contributed by atoms with Crippen molar-refractivity contribution in [1.82, 2.24) is 0 Å². The summed E-state index contributed by atoms with van der Waals surface area (Å²) in [7, 11) is 1.46. The van der Waals surface area contributed by atoms with Gasteiger partial charge in [-0.3, -0.25) is 4.79 Å². The van der Waals surface area contributed by atoms with Gasteiger partial charge in [0.05, 0.1) is 18.2 Å². The summed E-state index contributed by atoms with van der Waals surface area (Å²) in [5.74, 6) is 0.263. The molecule has 0 saturated heterocycles. The number of hydrogen-bond acceptors (Lipinski definition) is 3. The number of carbonyl (C=O) groups excluding carboxylic acids is 1. The molecular weight excluding hydrogens is 369 g/mol. The highest BCUT2D eigenvalue weighted by atomic mass is 19.4. The van der Waals surface area contributed by atoms with Crippen LogP contribution >= 0.6 is 0 Å². The van der Waals surface area contributed by atoms with Crippen LogP contribution in [0.1, 0.15) is 46.0 Å². The molecule has 0 bridgehead atoms. The largest absolute Gasteiger partial charge is 0.507 e. The van der Waals surface area contributed by atoms with Gasteiger partial charge in [-0.15, -0.1) is 6.58 Å². The molecule has 28 heavy (non-hydrogen) atoms. The van der Waals surface area contributed by atoms with E-state index in [-0.39, 0.29) is 11.3 Å². The quantitative estimate of drug-likeness (QED) is 0.363.